The lowest BCUT2D eigenvalue weighted by Gasteiger charge is -2.05. The summed E-state index contributed by atoms with van der Waals surface area (Å²) in [6.45, 7) is 1.72. The maximum Gasteiger partial charge on any atom is 0.442 e. The molecule has 0 aromatic carbocycles. The van der Waals surface area contributed by atoms with Gasteiger partial charge in [-0.1, -0.05) is 18.3 Å². The van der Waals surface area contributed by atoms with Gasteiger partial charge in [-0.05, 0) is 19.1 Å². The van der Waals surface area contributed by atoms with Crippen LogP contribution in [0.25, 0.3) is 0 Å². The van der Waals surface area contributed by atoms with Gasteiger partial charge in [-0.2, -0.15) is 4.73 Å². The van der Waals surface area contributed by atoms with Gasteiger partial charge in [0.15, 0.2) is 0 Å². The maximum atomic E-state index is 11.1. The predicted molar refractivity (Wildman–Crippen MR) is 53.5 cm³/mol. The zero-order valence-electron chi connectivity index (χ0n) is 8.00. The van der Waals surface area contributed by atoms with E-state index in [1.807, 2.05) is 0 Å². The Hall–Kier alpha value is -1.69. The smallest absolute Gasteiger partial charge is 0.442 e. The van der Waals surface area contributed by atoms with Gasteiger partial charge in [0.25, 0.3) is 0 Å². The summed E-state index contributed by atoms with van der Waals surface area (Å²) in [6, 6.07) is 4.87. The first-order valence-electron chi connectivity index (χ1n) is 4.22. The first-order valence-corrected chi connectivity index (χ1v) is 4.63. The van der Waals surface area contributed by atoms with Crippen molar-refractivity contribution in [2.45, 2.75) is 6.92 Å². The number of nitrogens with zero attached hydrogens (tertiary/aromatic N) is 1. The fourth-order valence-electron chi connectivity index (χ4n) is 0.805. The van der Waals surface area contributed by atoms with E-state index in [4.69, 9.17) is 12.2 Å². The van der Waals surface area contributed by atoms with E-state index in [0.717, 1.165) is 4.73 Å². The molecule has 0 spiro atoms. The van der Waals surface area contributed by atoms with Crippen molar-refractivity contribution in [3.05, 3.63) is 29.0 Å². The molecule has 1 heterocycles. The molecule has 0 bridgehead atoms. The second-order valence-corrected chi connectivity index (χ2v) is 2.88. The molecule has 80 valence electrons. The maximum absolute atomic E-state index is 11.1. The van der Waals surface area contributed by atoms with Crippen LogP contribution in [0.4, 0.5) is 0 Å². The van der Waals surface area contributed by atoms with E-state index in [1.165, 1.54) is 6.20 Å². The Morgan fingerprint density at radius 2 is 2.13 bits per heavy atom. The number of ether oxygens (including phenoxy) is 1. The quantitative estimate of drug-likeness (QED) is 0.423. The van der Waals surface area contributed by atoms with E-state index in [9.17, 15) is 9.59 Å². The third kappa shape index (κ3) is 3.17. The highest BCUT2D eigenvalue weighted by molar-refractivity contribution is 7.71. The number of rotatable bonds is 2. The zero-order valence-corrected chi connectivity index (χ0v) is 8.82. The second-order valence-electron chi connectivity index (χ2n) is 2.46. The average molecular weight is 227 g/mol. The number of carbonyl (C=O) groups excluding carboxylic acids is 2. The van der Waals surface area contributed by atoms with Crippen molar-refractivity contribution < 1.29 is 19.2 Å². The van der Waals surface area contributed by atoms with Crippen LogP contribution in [0, 0.1) is 4.64 Å². The molecule has 6 heteroatoms. The van der Waals surface area contributed by atoms with Crippen molar-refractivity contribution in [3.63, 3.8) is 0 Å². The third-order valence-corrected chi connectivity index (χ3v) is 1.73. The first kappa shape index (κ1) is 11.4. The van der Waals surface area contributed by atoms with Gasteiger partial charge in [-0.25, -0.2) is 9.59 Å². The Labute approximate surface area is 91.2 Å². The van der Waals surface area contributed by atoms with E-state index < -0.39 is 11.9 Å². The minimum Gasteiger partial charge on any atom is -0.458 e. The van der Waals surface area contributed by atoms with Crippen molar-refractivity contribution >= 4 is 24.2 Å². The monoisotopic (exact) mass is 227 g/mol. The highest BCUT2D eigenvalue weighted by Gasteiger charge is 2.17. The van der Waals surface area contributed by atoms with E-state index in [1.54, 1.807) is 25.1 Å². The van der Waals surface area contributed by atoms with Gasteiger partial charge in [-0.3, -0.25) is 0 Å². The SMILES string of the molecule is CCOC(=O)C(=O)On1ccccc1=S. The summed E-state index contributed by atoms with van der Waals surface area (Å²) >= 11 is 4.86. The standard InChI is InChI=1S/C9H9NO4S/c1-2-13-8(11)9(12)14-10-6-4-3-5-7(10)15/h3-6H,2H2,1H3. The molecule has 0 unspecified atom stereocenters. The molecule has 0 saturated carbocycles. The van der Waals surface area contributed by atoms with Gasteiger partial charge >= 0.3 is 11.9 Å². The van der Waals surface area contributed by atoms with Gasteiger partial charge in [0.2, 0.25) is 0 Å². The number of hydrogen-bond donors (Lipinski definition) is 0. The fraction of sp³-hybridized carbons (Fsp3) is 0.222. The third-order valence-electron chi connectivity index (χ3n) is 1.41. The van der Waals surface area contributed by atoms with Crippen molar-refractivity contribution in [3.8, 4) is 0 Å². The Morgan fingerprint density at radius 1 is 1.40 bits per heavy atom. The van der Waals surface area contributed by atoms with E-state index in [-0.39, 0.29) is 11.2 Å². The summed E-state index contributed by atoms with van der Waals surface area (Å²) in [4.78, 5) is 26.7. The normalized spacial score (nSPS) is 9.40. The molecule has 5 nitrogen and oxygen atoms in total. The van der Waals surface area contributed by atoms with Crippen molar-refractivity contribution in [2.75, 3.05) is 6.61 Å². The molecule has 0 fully saturated rings. The molecule has 0 aliphatic heterocycles. The number of hydrogen-bond acceptors (Lipinski definition) is 5. The number of pyridine rings is 1. The van der Waals surface area contributed by atoms with Crippen LogP contribution in [0.15, 0.2) is 24.4 Å². The highest BCUT2D eigenvalue weighted by Crippen LogP contribution is 1.91. The van der Waals surface area contributed by atoms with Crippen LogP contribution in [-0.2, 0) is 14.3 Å². The lowest BCUT2D eigenvalue weighted by Crippen LogP contribution is -2.29. The number of carbonyl (C=O) groups is 2. The molecule has 1 rings (SSSR count). The van der Waals surface area contributed by atoms with E-state index >= 15 is 0 Å². The molecular formula is C9H9NO4S. The Balaban J connectivity index is 2.71. The topological polar surface area (TPSA) is 57.5 Å². The first-order chi connectivity index (χ1) is 7.15. The molecule has 0 atom stereocenters. The molecule has 0 radical (unpaired) electrons. The van der Waals surface area contributed by atoms with Gasteiger partial charge < -0.3 is 9.57 Å². The van der Waals surface area contributed by atoms with Crippen molar-refractivity contribution in [1.82, 2.24) is 4.73 Å². The summed E-state index contributed by atoms with van der Waals surface area (Å²) in [7, 11) is 0. The zero-order chi connectivity index (χ0) is 11.3. The molecule has 1 aromatic heterocycles. The van der Waals surface area contributed by atoms with Crippen LogP contribution in [0.2, 0.25) is 0 Å². The Kier molecular flexibility index (Phi) is 3.99. The van der Waals surface area contributed by atoms with Crippen molar-refractivity contribution in [2.24, 2.45) is 0 Å². The summed E-state index contributed by atoms with van der Waals surface area (Å²) < 4.78 is 5.76. The highest BCUT2D eigenvalue weighted by atomic mass is 32.1. The van der Waals surface area contributed by atoms with Crippen molar-refractivity contribution in [1.29, 1.82) is 0 Å². The minimum absolute atomic E-state index is 0.119. The molecule has 0 aliphatic rings. The number of esters is 1. The lowest BCUT2D eigenvalue weighted by molar-refractivity contribution is -0.167. The van der Waals surface area contributed by atoms with Gasteiger partial charge in [0.1, 0.15) is 4.64 Å². The van der Waals surface area contributed by atoms with Crippen LogP contribution < -0.4 is 4.84 Å². The summed E-state index contributed by atoms with van der Waals surface area (Å²) in [5.41, 5.74) is 0. The van der Waals surface area contributed by atoms with Crippen LogP contribution in [0.1, 0.15) is 6.92 Å². The predicted octanol–water partition coefficient (Wildman–Crippen LogP) is 0.736. The molecular weight excluding hydrogens is 218 g/mol. The van der Waals surface area contributed by atoms with Crippen LogP contribution in [0.3, 0.4) is 0 Å². The summed E-state index contributed by atoms with van der Waals surface area (Å²) in [6.07, 6.45) is 1.43. The molecule has 0 saturated heterocycles. The molecule has 1 aromatic rings. The Morgan fingerprint density at radius 3 is 2.73 bits per heavy atom. The molecule has 0 aliphatic carbocycles. The molecule has 0 N–H and O–H groups in total. The Bertz CT molecular complexity index is 426. The van der Waals surface area contributed by atoms with Crippen LogP contribution >= 0.6 is 12.2 Å². The molecule has 0 amide bonds. The average Bonchev–Trinajstić information content (AvgIpc) is 2.21. The van der Waals surface area contributed by atoms with Gasteiger partial charge in [0.05, 0.1) is 6.61 Å². The van der Waals surface area contributed by atoms with Gasteiger partial charge in [0, 0.05) is 6.20 Å². The summed E-state index contributed by atoms with van der Waals surface area (Å²) in [5, 5.41) is 0. The largest absolute Gasteiger partial charge is 0.458 e. The van der Waals surface area contributed by atoms with E-state index in [0.29, 0.717) is 0 Å². The van der Waals surface area contributed by atoms with Crippen LogP contribution in [-0.4, -0.2) is 23.3 Å². The van der Waals surface area contributed by atoms with Crippen LogP contribution in [0.5, 0.6) is 0 Å². The van der Waals surface area contributed by atoms with Gasteiger partial charge in [-0.15, -0.1) is 0 Å². The van der Waals surface area contributed by atoms with E-state index in [2.05, 4.69) is 9.57 Å². The second kappa shape index (κ2) is 5.26. The summed E-state index contributed by atoms with van der Waals surface area (Å²) in [5.74, 6) is -2.14. The number of aromatic nitrogens is 1. The molecule has 15 heavy (non-hydrogen) atoms. The minimum atomic E-state index is -1.10. The lowest BCUT2D eigenvalue weighted by atomic mass is 10.5. The fourth-order valence-corrected chi connectivity index (χ4v) is 0.981.